The van der Waals surface area contributed by atoms with Crippen LogP contribution in [0.4, 0.5) is 5.69 Å². The van der Waals surface area contributed by atoms with E-state index in [1.54, 1.807) is 55.5 Å². The average molecular weight is 570 g/mol. The number of nitrogens with zero attached hydrogens (tertiary/aromatic N) is 2. The first-order valence-electron chi connectivity index (χ1n) is 12.9. The van der Waals surface area contributed by atoms with Crippen LogP contribution in [-0.4, -0.2) is 44.3 Å². The molecule has 3 aromatic rings. The van der Waals surface area contributed by atoms with E-state index < -0.39 is 28.5 Å². The number of carbonyl (C=O) groups is 2. The SMILES string of the molecule is CCCNC(=O)[C@@H](C)N(Cc1ccccc1Cl)C(=O)CN(c1cccc(C)c1C)S(=O)(=O)c1ccc(C)cc1. The molecule has 0 aliphatic rings. The molecule has 2 amide bonds. The summed E-state index contributed by atoms with van der Waals surface area (Å²) in [5, 5.41) is 3.29. The minimum Gasteiger partial charge on any atom is -0.354 e. The van der Waals surface area contributed by atoms with Gasteiger partial charge in [-0.25, -0.2) is 8.42 Å². The summed E-state index contributed by atoms with van der Waals surface area (Å²) in [6, 6.07) is 18.1. The number of hydrogen-bond donors (Lipinski definition) is 1. The maximum atomic E-state index is 14.0. The van der Waals surface area contributed by atoms with Gasteiger partial charge in [0.15, 0.2) is 0 Å². The third-order valence-electron chi connectivity index (χ3n) is 6.75. The molecular weight excluding hydrogens is 534 g/mol. The van der Waals surface area contributed by atoms with Crippen molar-refractivity contribution in [1.82, 2.24) is 10.2 Å². The van der Waals surface area contributed by atoms with Gasteiger partial charge in [0.05, 0.1) is 10.6 Å². The fourth-order valence-corrected chi connectivity index (χ4v) is 5.81. The van der Waals surface area contributed by atoms with E-state index in [9.17, 15) is 18.0 Å². The molecule has 7 nitrogen and oxygen atoms in total. The van der Waals surface area contributed by atoms with Crippen LogP contribution in [0.3, 0.4) is 0 Å². The van der Waals surface area contributed by atoms with Crippen LogP contribution in [0.25, 0.3) is 0 Å². The van der Waals surface area contributed by atoms with Gasteiger partial charge in [-0.3, -0.25) is 13.9 Å². The Kier molecular flexibility index (Phi) is 10.2. The predicted molar refractivity (Wildman–Crippen MR) is 156 cm³/mol. The minimum atomic E-state index is -4.12. The number of rotatable bonds is 11. The number of aryl methyl sites for hydroxylation is 2. The lowest BCUT2D eigenvalue weighted by molar-refractivity contribution is -0.139. The number of sulfonamides is 1. The third-order valence-corrected chi connectivity index (χ3v) is 8.89. The molecule has 0 unspecified atom stereocenters. The number of nitrogens with one attached hydrogen (secondary N) is 1. The van der Waals surface area contributed by atoms with Crippen molar-refractivity contribution >= 4 is 39.1 Å². The molecule has 0 saturated carbocycles. The highest BCUT2D eigenvalue weighted by Gasteiger charge is 2.33. The van der Waals surface area contributed by atoms with Gasteiger partial charge in [-0.15, -0.1) is 0 Å². The van der Waals surface area contributed by atoms with E-state index >= 15 is 0 Å². The fraction of sp³-hybridized carbons (Fsp3) is 0.333. The van der Waals surface area contributed by atoms with Gasteiger partial charge in [-0.1, -0.05) is 66.6 Å². The van der Waals surface area contributed by atoms with Crippen molar-refractivity contribution < 1.29 is 18.0 Å². The zero-order valence-electron chi connectivity index (χ0n) is 23.1. The molecule has 0 aromatic heterocycles. The molecule has 0 heterocycles. The molecule has 208 valence electrons. The summed E-state index contributed by atoms with van der Waals surface area (Å²) in [6.45, 7) is 9.19. The van der Waals surface area contributed by atoms with Gasteiger partial charge >= 0.3 is 0 Å². The number of amides is 2. The highest BCUT2D eigenvalue weighted by Crippen LogP contribution is 2.29. The second kappa shape index (κ2) is 13.1. The molecule has 0 bridgehead atoms. The Morgan fingerprint density at radius 1 is 0.949 bits per heavy atom. The van der Waals surface area contributed by atoms with Gasteiger partial charge in [-0.2, -0.15) is 0 Å². The van der Waals surface area contributed by atoms with Crippen molar-refractivity contribution in [2.75, 3.05) is 17.4 Å². The predicted octanol–water partition coefficient (Wildman–Crippen LogP) is 5.40. The molecule has 3 aromatic carbocycles. The maximum absolute atomic E-state index is 14.0. The maximum Gasteiger partial charge on any atom is 0.264 e. The van der Waals surface area contributed by atoms with Crippen LogP contribution < -0.4 is 9.62 Å². The zero-order valence-corrected chi connectivity index (χ0v) is 24.6. The van der Waals surface area contributed by atoms with Crippen molar-refractivity contribution in [3.8, 4) is 0 Å². The number of hydrogen-bond acceptors (Lipinski definition) is 4. The Hall–Kier alpha value is -3.36. The van der Waals surface area contributed by atoms with Gasteiger partial charge in [0.25, 0.3) is 10.0 Å². The van der Waals surface area contributed by atoms with E-state index in [4.69, 9.17) is 11.6 Å². The fourth-order valence-electron chi connectivity index (χ4n) is 4.15. The minimum absolute atomic E-state index is 0.0461. The summed E-state index contributed by atoms with van der Waals surface area (Å²) < 4.78 is 29.1. The van der Waals surface area contributed by atoms with Crippen molar-refractivity contribution in [3.05, 3.63) is 94.0 Å². The van der Waals surface area contributed by atoms with Crippen LogP contribution >= 0.6 is 11.6 Å². The number of halogens is 1. The molecule has 0 spiro atoms. The van der Waals surface area contributed by atoms with E-state index in [1.807, 2.05) is 33.8 Å². The second-order valence-corrected chi connectivity index (χ2v) is 11.9. The van der Waals surface area contributed by atoms with Crippen LogP contribution in [0, 0.1) is 20.8 Å². The lowest BCUT2D eigenvalue weighted by Gasteiger charge is -2.32. The van der Waals surface area contributed by atoms with E-state index in [0.717, 1.165) is 27.4 Å². The summed E-state index contributed by atoms with van der Waals surface area (Å²) in [4.78, 5) is 28.4. The van der Waals surface area contributed by atoms with E-state index in [0.29, 0.717) is 22.8 Å². The van der Waals surface area contributed by atoms with Gasteiger partial charge in [-0.05, 0) is 75.1 Å². The molecule has 0 saturated heterocycles. The normalized spacial score (nSPS) is 12.1. The standard InChI is InChI=1S/C30H36ClN3O4S/c1-6-18-32-30(36)24(5)33(19-25-11-7-8-12-27(25)31)29(35)20-34(28-13-9-10-22(3)23(28)4)39(37,38)26-16-14-21(2)15-17-26/h7-17,24H,6,18-20H2,1-5H3,(H,32,36)/t24-/m1/s1. The van der Waals surface area contributed by atoms with Crippen molar-refractivity contribution in [3.63, 3.8) is 0 Å². The van der Waals surface area contributed by atoms with Gasteiger partial charge in [0, 0.05) is 18.1 Å². The van der Waals surface area contributed by atoms with E-state index in [1.165, 1.54) is 17.0 Å². The number of anilines is 1. The molecule has 0 radical (unpaired) electrons. The molecule has 0 aliphatic carbocycles. The van der Waals surface area contributed by atoms with Crippen molar-refractivity contribution in [2.24, 2.45) is 0 Å². The quantitative estimate of drug-likeness (QED) is 0.335. The summed E-state index contributed by atoms with van der Waals surface area (Å²) >= 11 is 6.40. The molecule has 1 N–H and O–H groups in total. The first-order valence-corrected chi connectivity index (χ1v) is 14.7. The Morgan fingerprint density at radius 2 is 1.62 bits per heavy atom. The molecule has 9 heteroatoms. The molecule has 0 aliphatic heterocycles. The molecule has 0 fully saturated rings. The smallest absolute Gasteiger partial charge is 0.264 e. The van der Waals surface area contributed by atoms with Gasteiger partial charge in [0.2, 0.25) is 11.8 Å². The monoisotopic (exact) mass is 569 g/mol. The van der Waals surface area contributed by atoms with Crippen molar-refractivity contribution in [2.45, 2.75) is 58.5 Å². The number of carbonyl (C=O) groups excluding carboxylic acids is 2. The van der Waals surface area contributed by atoms with E-state index in [2.05, 4.69) is 5.32 Å². The molecular formula is C30H36ClN3O4S. The van der Waals surface area contributed by atoms with Crippen LogP contribution in [0.5, 0.6) is 0 Å². The van der Waals surface area contributed by atoms with Crippen LogP contribution in [0.1, 0.15) is 42.5 Å². The first kappa shape index (κ1) is 30.2. The molecule has 39 heavy (non-hydrogen) atoms. The molecule has 3 rings (SSSR count). The second-order valence-electron chi connectivity index (χ2n) is 9.62. The van der Waals surface area contributed by atoms with Gasteiger partial charge < -0.3 is 10.2 Å². The summed E-state index contributed by atoms with van der Waals surface area (Å²) in [5.74, 6) is -0.845. The molecule has 1 atom stereocenters. The highest BCUT2D eigenvalue weighted by molar-refractivity contribution is 7.92. The van der Waals surface area contributed by atoms with Crippen LogP contribution in [-0.2, 0) is 26.2 Å². The largest absolute Gasteiger partial charge is 0.354 e. The van der Waals surface area contributed by atoms with E-state index in [-0.39, 0.29) is 17.3 Å². The summed E-state index contributed by atoms with van der Waals surface area (Å²) in [7, 11) is -4.12. The number of benzene rings is 3. The first-order chi connectivity index (χ1) is 18.5. The average Bonchev–Trinajstić information content (AvgIpc) is 2.91. The highest BCUT2D eigenvalue weighted by atomic mass is 35.5. The Morgan fingerprint density at radius 3 is 2.26 bits per heavy atom. The van der Waals surface area contributed by atoms with Crippen LogP contribution in [0.2, 0.25) is 5.02 Å². The van der Waals surface area contributed by atoms with Gasteiger partial charge in [0.1, 0.15) is 12.6 Å². The lowest BCUT2D eigenvalue weighted by Crippen LogP contribution is -2.51. The Labute approximate surface area is 236 Å². The lowest BCUT2D eigenvalue weighted by atomic mass is 10.1. The summed E-state index contributed by atoms with van der Waals surface area (Å²) in [5.41, 5.74) is 3.62. The topological polar surface area (TPSA) is 86.8 Å². The Bertz CT molecular complexity index is 1420. The third kappa shape index (κ3) is 7.19. The summed E-state index contributed by atoms with van der Waals surface area (Å²) in [6.07, 6.45) is 0.742. The van der Waals surface area contributed by atoms with Crippen LogP contribution in [0.15, 0.2) is 71.6 Å². The van der Waals surface area contributed by atoms with Crippen molar-refractivity contribution in [1.29, 1.82) is 0 Å². The Balaban J connectivity index is 2.07. The zero-order chi connectivity index (χ0) is 28.7.